The Morgan fingerprint density at radius 2 is 1.69 bits per heavy atom. The second-order valence-electron chi connectivity index (χ2n) is 6.42. The molecule has 4 rings (SSSR count). The molecule has 5 nitrogen and oxygen atoms in total. The van der Waals surface area contributed by atoms with Crippen LogP contribution >= 0.6 is 11.3 Å². The standard InChI is InChI=1S/C23H19N3O2S/c27-20-11-4-3-10-19(20)21-15-26-23(29-21)18-9-2-1-8-17(18)22(28)25-14-12-16-7-5-6-13-24-16/h1-11,13,15,27H,12,14H2,(H,25,28). The lowest BCUT2D eigenvalue weighted by atomic mass is 10.1. The highest BCUT2D eigenvalue weighted by atomic mass is 32.1. The van der Waals surface area contributed by atoms with Gasteiger partial charge in [0.1, 0.15) is 10.8 Å². The minimum Gasteiger partial charge on any atom is -0.507 e. The predicted octanol–water partition coefficient (Wildman–Crippen LogP) is 4.55. The Hall–Kier alpha value is -3.51. The zero-order valence-electron chi connectivity index (χ0n) is 15.6. The van der Waals surface area contributed by atoms with Crippen molar-refractivity contribution < 1.29 is 9.90 Å². The van der Waals surface area contributed by atoms with E-state index in [1.165, 1.54) is 11.3 Å². The Balaban J connectivity index is 1.53. The maximum absolute atomic E-state index is 12.8. The number of nitrogens with one attached hydrogen (secondary N) is 1. The van der Waals surface area contributed by atoms with Crippen molar-refractivity contribution >= 4 is 17.2 Å². The Morgan fingerprint density at radius 3 is 2.48 bits per heavy atom. The van der Waals surface area contributed by atoms with Crippen LogP contribution in [0.4, 0.5) is 0 Å². The molecule has 0 aliphatic heterocycles. The fourth-order valence-corrected chi connectivity index (χ4v) is 4.01. The van der Waals surface area contributed by atoms with Gasteiger partial charge in [0.2, 0.25) is 0 Å². The van der Waals surface area contributed by atoms with Crippen LogP contribution in [0.3, 0.4) is 0 Å². The monoisotopic (exact) mass is 401 g/mol. The first-order chi connectivity index (χ1) is 14.2. The van der Waals surface area contributed by atoms with Crippen molar-refractivity contribution in [1.29, 1.82) is 0 Å². The number of nitrogens with zero attached hydrogens (tertiary/aromatic N) is 2. The van der Waals surface area contributed by atoms with Crippen molar-refractivity contribution in [1.82, 2.24) is 15.3 Å². The van der Waals surface area contributed by atoms with Crippen LogP contribution < -0.4 is 5.32 Å². The van der Waals surface area contributed by atoms with E-state index in [0.29, 0.717) is 18.5 Å². The molecule has 2 aromatic carbocycles. The van der Waals surface area contributed by atoms with Crippen molar-refractivity contribution in [2.45, 2.75) is 6.42 Å². The number of phenols is 1. The van der Waals surface area contributed by atoms with Gasteiger partial charge >= 0.3 is 0 Å². The van der Waals surface area contributed by atoms with Gasteiger partial charge in [-0.15, -0.1) is 11.3 Å². The molecule has 0 atom stereocenters. The number of para-hydroxylation sites is 1. The maximum atomic E-state index is 12.8. The van der Waals surface area contributed by atoms with E-state index in [2.05, 4.69) is 15.3 Å². The number of hydrogen-bond donors (Lipinski definition) is 2. The minimum atomic E-state index is -0.143. The normalized spacial score (nSPS) is 10.6. The lowest BCUT2D eigenvalue weighted by Crippen LogP contribution is -2.26. The SMILES string of the molecule is O=C(NCCc1ccccn1)c1ccccc1-c1ncc(-c2ccccc2O)s1. The van der Waals surface area contributed by atoms with Crippen LogP contribution in [0.1, 0.15) is 16.1 Å². The zero-order valence-corrected chi connectivity index (χ0v) is 16.4. The summed E-state index contributed by atoms with van der Waals surface area (Å²) in [6.07, 6.45) is 4.14. The maximum Gasteiger partial charge on any atom is 0.252 e. The molecule has 0 aliphatic rings. The van der Waals surface area contributed by atoms with E-state index in [9.17, 15) is 9.90 Å². The fourth-order valence-electron chi connectivity index (χ4n) is 3.02. The number of thiazole rings is 1. The molecule has 0 bridgehead atoms. The van der Waals surface area contributed by atoms with E-state index < -0.39 is 0 Å². The quantitative estimate of drug-likeness (QED) is 0.497. The number of rotatable bonds is 6. The Morgan fingerprint density at radius 1 is 0.931 bits per heavy atom. The molecule has 1 amide bonds. The van der Waals surface area contributed by atoms with Gasteiger partial charge in [0.15, 0.2) is 0 Å². The number of aromatic hydroxyl groups is 1. The van der Waals surface area contributed by atoms with Crippen LogP contribution in [0.5, 0.6) is 5.75 Å². The van der Waals surface area contributed by atoms with Crippen LogP contribution in [0, 0.1) is 0 Å². The zero-order chi connectivity index (χ0) is 20.1. The van der Waals surface area contributed by atoms with E-state index >= 15 is 0 Å². The molecular formula is C23H19N3O2S. The molecule has 0 spiro atoms. The first-order valence-corrected chi connectivity index (χ1v) is 10.1. The van der Waals surface area contributed by atoms with Crippen LogP contribution in [-0.4, -0.2) is 27.5 Å². The molecule has 0 saturated heterocycles. The number of pyridine rings is 1. The molecule has 2 aromatic heterocycles. The van der Waals surface area contributed by atoms with Gasteiger partial charge in [0, 0.05) is 47.7 Å². The third-order valence-electron chi connectivity index (χ3n) is 4.47. The van der Waals surface area contributed by atoms with Crippen molar-refractivity contribution in [2.75, 3.05) is 6.54 Å². The van der Waals surface area contributed by atoms with E-state index in [-0.39, 0.29) is 11.7 Å². The summed E-state index contributed by atoms with van der Waals surface area (Å²) in [5.74, 6) is 0.0686. The van der Waals surface area contributed by atoms with Gasteiger partial charge in [-0.25, -0.2) is 4.98 Å². The summed E-state index contributed by atoms with van der Waals surface area (Å²) in [5.41, 5.74) is 3.02. The predicted molar refractivity (Wildman–Crippen MR) is 115 cm³/mol. The highest BCUT2D eigenvalue weighted by Crippen LogP contribution is 2.37. The minimum absolute atomic E-state index is 0.143. The average molecular weight is 401 g/mol. The van der Waals surface area contributed by atoms with Gasteiger partial charge in [-0.1, -0.05) is 36.4 Å². The van der Waals surface area contributed by atoms with Gasteiger partial charge in [-0.2, -0.15) is 0 Å². The molecular weight excluding hydrogens is 382 g/mol. The first-order valence-electron chi connectivity index (χ1n) is 9.24. The molecule has 0 aliphatic carbocycles. The lowest BCUT2D eigenvalue weighted by molar-refractivity contribution is 0.0954. The fraction of sp³-hybridized carbons (Fsp3) is 0.0870. The molecule has 29 heavy (non-hydrogen) atoms. The Bertz CT molecular complexity index is 1130. The molecule has 0 fully saturated rings. The number of aromatic nitrogens is 2. The highest BCUT2D eigenvalue weighted by molar-refractivity contribution is 7.18. The summed E-state index contributed by atoms with van der Waals surface area (Å²) in [6, 6.07) is 20.3. The van der Waals surface area contributed by atoms with Gasteiger partial charge in [0.05, 0.1) is 4.88 Å². The average Bonchev–Trinajstić information content (AvgIpc) is 3.24. The molecule has 6 heteroatoms. The Labute approximate surface area is 172 Å². The smallest absolute Gasteiger partial charge is 0.252 e. The van der Waals surface area contributed by atoms with Gasteiger partial charge in [-0.05, 0) is 30.3 Å². The van der Waals surface area contributed by atoms with Crippen molar-refractivity contribution in [3.8, 4) is 26.8 Å². The topological polar surface area (TPSA) is 75.1 Å². The van der Waals surface area contributed by atoms with Crippen LogP contribution in [0.15, 0.2) is 79.1 Å². The van der Waals surface area contributed by atoms with Crippen molar-refractivity contribution in [3.05, 3.63) is 90.4 Å². The van der Waals surface area contributed by atoms with Crippen LogP contribution in [0.25, 0.3) is 21.0 Å². The van der Waals surface area contributed by atoms with E-state index in [4.69, 9.17) is 0 Å². The largest absolute Gasteiger partial charge is 0.507 e. The summed E-state index contributed by atoms with van der Waals surface area (Å²) in [7, 11) is 0. The summed E-state index contributed by atoms with van der Waals surface area (Å²) in [4.78, 5) is 22.4. The van der Waals surface area contributed by atoms with Crippen molar-refractivity contribution in [2.24, 2.45) is 0 Å². The van der Waals surface area contributed by atoms with Gasteiger partial charge < -0.3 is 10.4 Å². The molecule has 2 N–H and O–H groups in total. The van der Waals surface area contributed by atoms with Gasteiger partial charge in [-0.3, -0.25) is 9.78 Å². The highest BCUT2D eigenvalue weighted by Gasteiger charge is 2.16. The molecule has 0 radical (unpaired) electrons. The van der Waals surface area contributed by atoms with E-state index in [1.807, 2.05) is 48.5 Å². The Kier molecular flexibility index (Phi) is 5.63. The molecule has 2 heterocycles. The molecule has 0 saturated carbocycles. The second-order valence-corrected chi connectivity index (χ2v) is 7.45. The van der Waals surface area contributed by atoms with Crippen molar-refractivity contribution in [3.63, 3.8) is 0 Å². The molecule has 144 valence electrons. The molecule has 4 aromatic rings. The summed E-state index contributed by atoms with van der Waals surface area (Å²) in [6.45, 7) is 0.505. The number of benzene rings is 2. The number of carbonyl (C=O) groups excluding carboxylic acids is 1. The van der Waals surface area contributed by atoms with Crippen LogP contribution in [-0.2, 0) is 6.42 Å². The number of phenolic OH excluding ortho intramolecular Hbond substituents is 1. The van der Waals surface area contributed by atoms with Crippen LogP contribution in [0.2, 0.25) is 0 Å². The first kappa shape index (κ1) is 18.8. The number of amides is 1. The van der Waals surface area contributed by atoms with Gasteiger partial charge in [0.25, 0.3) is 5.91 Å². The summed E-state index contributed by atoms with van der Waals surface area (Å²) in [5, 5.41) is 13.8. The summed E-state index contributed by atoms with van der Waals surface area (Å²) < 4.78 is 0. The summed E-state index contributed by atoms with van der Waals surface area (Å²) >= 11 is 1.44. The second kappa shape index (κ2) is 8.67. The van der Waals surface area contributed by atoms with E-state index in [0.717, 1.165) is 26.7 Å². The third kappa shape index (κ3) is 4.33. The van der Waals surface area contributed by atoms with E-state index in [1.54, 1.807) is 30.6 Å². The lowest BCUT2D eigenvalue weighted by Gasteiger charge is -2.08. The third-order valence-corrected chi connectivity index (χ3v) is 5.53. The number of hydrogen-bond acceptors (Lipinski definition) is 5. The number of carbonyl (C=O) groups is 1. The molecule has 0 unspecified atom stereocenters.